The normalized spacial score (nSPS) is 19.9. The largest absolute Gasteiger partial charge is 0.457 e. The van der Waals surface area contributed by atoms with Crippen LogP contribution in [0.4, 0.5) is 10.9 Å². The molecule has 2 fully saturated rings. The molecule has 1 aliphatic heterocycles. The summed E-state index contributed by atoms with van der Waals surface area (Å²) in [5, 5.41) is 14.6. The highest BCUT2D eigenvalue weighted by molar-refractivity contribution is 7.22. The Bertz CT molecular complexity index is 1320. The zero-order valence-corrected chi connectivity index (χ0v) is 21.1. The molecule has 4 aromatic rings. The van der Waals surface area contributed by atoms with Gasteiger partial charge in [0.1, 0.15) is 17.3 Å². The van der Waals surface area contributed by atoms with Crippen molar-refractivity contribution in [2.45, 2.75) is 64.5 Å². The molecule has 0 unspecified atom stereocenters. The van der Waals surface area contributed by atoms with E-state index in [9.17, 15) is 5.11 Å². The number of aliphatic hydroxyl groups excluding tert-OH is 1. The first-order valence-electron chi connectivity index (χ1n) is 12.9. The average molecular weight is 518 g/mol. The highest BCUT2D eigenvalue weighted by atomic mass is 32.1. The number of fused-ring (bicyclic) bond motifs is 1. The molecule has 0 spiro atoms. The summed E-state index contributed by atoms with van der Waals surface area (Å²) in [6.07, 6.45) is 11.2. The molecule has 0 radical (unpaired) electrons. The smallest absolute Gasteiger partial charge is 0.184 e. The van der Waals surface area contributed by atoms with Gasteiger partial charge in [-0.1, -0.05) is 31.6 Å². The van der Waals surface area contributed by atoms with Crippen LogP contribution in [-0.4, -0.2) is 45.3 Å². The Kier molecular flexibility index (Phi) is 7.86. The number of nitrogens with one attached hydrogen (secondary N) is 1. The molecular weight excluding hydrogens is 482 g/mol. The first-order valence-corrected chi connectivity index (χ1v) is 13.7. The standard InChI is InChI=1S/C28H31N5O2S.CH4/c34-25-7-3-2-6-22(25)31-28-32-23-10-9-20(17-26(23)36-28)35-21-12-13-29-24(16-21)19-8-11-27(30-18-19)33-14-4-1-5-15-33;/h8-13,16-18,22,25,34H,1-7,14-15H2,(H,31,32);1H4/t22-,25-;/m1./s1. The van der Waals surface area contributed by atoms with E-state index >= 15 is 0 Å². The second kappa shape index (κ2) is 11.4. The van der Waals surface area contributed by atoms with E-state index in [2.05, 4.69) is 27.3 Å². The number of aliphatic hydroxyl groups is 1. The summed E-state index contributed by atoms with van der Waals surface area (Å²) in [5.74, 6) is 2.52. The van der Waals surface area contributed by atoms with Gasteiger partial charge in [0.15, 0.2) is 5.13 Å². The van der Waals surface area contributed by atoms with Crippen LogP contribution < -0.4 is 15.0 Å². The Labute approximate surface area is 222 Å². The van der Waals surface area contributed by atoms with E-state index in [0.29, 0.717) is 0 Å². The molecule has 0 amide bonds. The van der Waals surface area contributed by atoms with E-state index in [1.54, 1.807) is 17.5 Å². The van der Waals surface area contributed by atoms with Gasteiger partial charge < -0.3 is 20.1 Å². The number of benzene rings is 1. The molecule has 194 valence electrons. The lowest BCUT2D eigenvalue weighted by molar-refractivity contribution is 0.116. The summed E-state index contributed by atoms with van der Waals surface area (Å²) < 4.78 is 7.24. The Morgan fingerprint density at radius 3 is 2.57 bits per heavy atom. The first-order chi connectivity index (χ1) is 17.7. The fourth-order valence-corrected chi connectivity index (χ4v) is 6.04. The fraction of sp³-hybridized carbons (Fsp3) is 0.414. The number of rotatable bonds is 6. The number of ether oxygens (including phenoxy) is 1. The minimum absolute atomic E-state index is 0. The van der Waals surface area contributed by atoms with Gasteiger partial charge in [-0.3, -0.25) is 4.98 Å². The van der Waals surface area contributed by atoms with Crippen LogP contribution in [-0.2, 0) is 0 Å². The Balaban J connectivity index is 0.00000280. The molecule has 0 bridgehead atoms. The van der Waals surface area contributed by atoms with E-state index in [0.717, 1.165) is 82.7 Å². The summed E-state index contributed by atoms with van der Waals surface area (Å²) in [7, 11) is 0. The van der Waals surface area contributed by atoms with Crippen LogP contribution >= 0.6 is 11.3 Å². The molecule has 6 rings (SSSR count). The molecular formula is C29H35N5O2S. The van der Waals surface area contributed by atoms with E-state index in [1.807, 2.05) is 36.5 Å². The molecule has 1 aromatic carbocycles. The van der Waals surface area contributed by atoms with Crippen molar-refractivity contribution in [1.82, 2.24) is 15.0 Å². The summed E-state index contributed by atoms with van der Waals surface area (Å²) in [6.45, 7) is 2.16. The number of hydrogen-bond donors (Lipinski definition) is 2. The lowest BCUT2D eigenvalue weighted by atomic mass is 9.93. The van der Waals surface area contributed by atoms with Crippen LogP contribution in [0.25, 0.3) is 21.5 Å². The maximum absolute atomic E-state index is 10.3. The van der Waals surface area contributed by atoms with Gasteiger partial charge in [0.2, 0.25) is 0 Å². The molecule has 1 aliphatic carbocycles. The molecule has 2 N–H and O–H groups in total. The van der Waals surface area contributed by atoms with Gasteiger partial charge in [-0.15, -0.1) is 0 Å². The molecule has 3 aromatic heterocycles. The van der Waals surface area contributed by atoms with E-state index in [1.165, 1.54) is 19.3 Å². The van der Waals surface area contributed by atoms with Crippen molar-refractivity contribution in [3.05, 3.63) is 54.9 Å². The maximum atomic E-state index is 10.3. The van der Waals surface area contributed by atoms with Crippen LogP contribution in [0.1, 0.15) is 52.4 Å². The molecule has 37 heavy (non-hydrogen) atoms. The summed E-state index contributed by atoms with van der Waals surface area (Å²) >= 11 is 1.59. The van der Waals surface area contributed by atoms with E-state index < -0.39 is 0 Å². The third-order valence-corrected chi connectivity index (χ3v) is 8.04. The topological polar surface area (TPSA) is 83.4 Å². The Hall–Kier alpha value is -3.23. The molecule has 1 saturated heterocycles. The first kappa shape index (κ1) is 25.4. The summed E-state index contributed by atoms with van der Waals surface area (Å²) in [5.41, 5.74) is 2.73. The van der Waals surface area contributed by atoms with Gasteiger partial charge in [-0.25, -0.2) is 9.97 Å². The second-order valence-corrected chi connectivity index (χ2v) is 10.7. The SMILES string of the molecule is C.O[C@@H]1CCCC[C@H]1Nc1nc2ccc(Oc3ccnc(-c4ccc(N5CCCCC5)nc4)c3)cc2s1. The van der Waals surface area contributed by atoms with Gasteiger partial charge in [0.25, 0.3) is 0 Å². The number of anilines is 2. The third-order valence-electron chi connectivity index (χ3n) is 7.09. The molecule has 4 heterocycles. The monoisotopic (exact) mass is 517 g/mol. The lowest BCUT2D eigenvalue weighted by Crippen LogP contribution is -2.36. The molecule has 8 heteroatoms. The highest BCUT2D eigenvalue weighted by Gasteiger charge is 2.23. The summed E-state index contributed by atoms with van der Waals surface area (Å²) in [4.78, 5) is 16.3. The van der Waals surface area contributed by atoms with Crippen molar-refractivity contribution in [3.8, 4) is 22.8 Å². The number of nitrogens with zero attached hydrogens (tertiary/aromatic N) is 4. The predicted molar refractivity (Wildman–Crippen MR) is 152 cm³/mol. The quantitative estimate of drug-likeness (QED) is 0.288. The van der Waals surface area contributed by atoms with Crippen molar-refractivity contribution >= 4 is 32.5 Å². The maximum Gasteiger partial charge on any atom is 0.184 e. The average Bonchev–Trinajstić information content (AvgIpc) is 3.32. The van der Waals surface area contributed by atoms with Gasteiger partial charge in [0.05, 0.1) is 28.1 Å². The second-order valence-electron chi connectivity index (χ2n) is 9.68. The zero-order chi connectivity index (χ0) is 24.3. The van der Waals surface area contributed by atoms with Crippen LogP contribution in [0.15, 0.2) is 54.9 Å². The van der Waals surface area contributed by atoms with Crippen LogP contribution in [0.3, 0.4) is 0 Å². The number of aromatic nitrogens is 3. The van der Waals surface area contributed by atoms with Crippen molar-refractivity contribution in [2.75, 3.05) is 23.3 Å². The number of hydrogen-bond acceptors (Lipinski definition) is 8. The van der Waals surface area contributed by atoms with Crippen molar-refractivity contribution < 1.29 is 9.84 Å². The number of piperidine rings is 1. The van der Waals surface area contributed by atoms with Crippen LogP contribution in [0.5, 0.6) is 11.5 Å². The van der Waals surface area contributed by atoms with Crippen LogP contribution in [0.2, 0.25) is 0 Å². The molecule has 2 atom stereocenters. The van der Waals surface area contributed by atoms with Gasteiger partial charge in [0, 0.05) is 43.2 Å². The van der Waals surface area contributed by atoms with Crippen molar-refractivity contribution in [3.63, 3.8) is 0 Å². The van der Waals surface area contributed by atoms with Crippen molar-refractivity contribution in [2.24, 2.45) is 0 Å². The van der Waals surface area contributed by atoms with E-state index in [-0.39, 0.29) is 19.6 Å². The van der Waals surface area contributed by atoms with E-state index in [4.69, 9.17) is 14.7 Å². The van der Waals surface area contributed by atoms with Gasteiger partial charge in [-0.2, -0.15) is 0 Å². The summed E-state index contributed by atoms with van der Waals surface area (Å²) in [6, 6.07) is 14.0. The van der Waals surface area contributed by atoms with Crippen molar-refractivity contribution in [1.29, 1.82) is 0 Å². The predicted octanol–water partition coefficient (Wildman–Crippen LogP) is 6.89. The lowest BCUT2D eigenvalue weighted by Gasteiger charge is -2.27. The Morgan fingerprint density at radius 1 is 0.919 bits per heavy atom. The molecule has 7 nitrogen and oxygen atoms in total. The minimum atomic E-state index is -0.304. The zero-order valence-electron chi connectivity index (χ0n) is 20.3. The molecule has 1 saturated carbocycles. The van der Waals surface area contributed by atoms with Gasteiger partial charge in [-0.05, 0) is 62.4 Å². The van der Waals surface area contributed by atoms with Gasteiger partial charge >= 0.3 is 0 Å². The fourth-order valence-electron chi connectivity index (χ4n) is 5.08. The number of thiazole rings is 1. The van der Waals surface area contributed by atoms with Crippen LogP contribution in [0, 0.1) is 0 Å². The minimum Gasteiger partial charge on any atom is -0.457 e. The molecule has 2 aliphatic rings. The highest BCUT2D eigenvalue weighted by Crippen LogP contribution is 2.33. The third kappa shape index (κ3) is 5.86. The number of pyridine rings is 2. The Morgan fingerprint density at radius 2 is 1.76 bits per heavy atom.